The van der Waals surface area contributed by atoms with Crippen molar-refractivity contribution in [3.63, 3.8) is 0 Å². The molecule has 15 heavy (non-hydrogen) atoms. The number of rotatable bonds is 4. The molecule has 0 aliphatic rings. The van der Waals surface area contributed by atoms with E-state index < -0.39 is 0 Å². The van der Waals surface area contributed by atoms with Crippen molar-refractivity contribution in [2.45, 2.75) is 19.9 Å². The fraction of sp³-hybridized carbons (Fsp3) is 0.364. The lowest BCUT2D eigenvalue weighted by atomic mass is 10.2. The number of aryl methyl sites for hydroxylation is 1. The molecule has 0 amide bonds. The molecule has 2 heterocycles. The van der Waals surface area contributed by atoms with Crippen LogP contribution in [0.1, 0.15) is 12.6 Å². The number of hydrogen-bond acceptors (Lipinski definition) is 3. The molecular formula is C11H15N3S. The van der Waals surface area contributed by atoms with E-state index >= 15 is 0 Å². The molecule has 3 nitrogen and oxygen atoms in total. The molecule has 2 aromatic rings. The Balaban J connectivity index is 2.34. The summed E-state index contributed by atoms with van der Waals surface area (Å²) in [6.07, 6.45) is 0.997. The maximum atomic E-state index is 5.55. The van der Waals surface area contributed by atoms with E-state index in [9.17, 15) is 0 Å². The highest BCUT2D eigenvalue weighted by Crippen LogP contribution is 2.21. The standard InChI is InChI=1S/C11H15N3S/c1-2-10-7-11(9-3-6-15-8-9)13-14(10)5-4-12/h3,6-8H,2,4-5,12H2,1H3. The van der Waals surface area contributed by atoms with Crippen molar-refractivity contribution in [3.05, 3.63) is 28.6 Å². The van der Waals surface area contributed by atoms with Gasteiger partial charge in [-0.2, -0.15) is 16.4 Å². The van der Waals surface area contributed by atoms with Crippen LogP contribution in [-0.4, -0.2) is 16.3 Å². The summed E-state index contributed by atoms with van der Waals surface area (Å²) in [6.45, 7) is 3.58. The van der Waals surface area contributed by atoms with Crippen LogP contribution in [0.15, 0.2) is 22.9 Å². The highest BCUT2D eigenvalue weighted by molar-refractivity contribution is 7.08. The average Bonchev–Trinajstić information content (AvgIpc) is 2.84. The van der Waals surface area contributed by atoms with Gasteiger partial charge in [-0.05, 0) is 23.9 Å². The SMILES string of the molecule is CCc1cc(-c2ccsc2)nn1CCN. The second-order valence-corrected chi connectivity index (χ2v) is 4.18. The molecule has 0 radical (unpaired) electrons. The van der Waals surface area contributed by atoms with Gasteiger partial charge < -0.3 is 5.73 Å². The summed E-state index contributed by atoms with van der Waals surface area (Å²) in [6, 6.07) is 4.25. The van der Waals surface area contributed by atoms with Gasteiger partial charge in [-0.15, -0.1) is 0 Å². The molecule has 0 saturated carbocycles. The van der Waals surface area contributed by atoms with Crippen LogP contribution in [0.3, 0.4) is 0 Å². The summed E-state index contributed by atoms with van der Waals surface area (Å²) in [5.41, 5.74) is 9.06. The van der Waals surface area contributed by atoms with E-state index in [1.54, 1.807) is 11.3 Å². The van der Waals surface area contributed by atoms with Crippen molar-refractivity contribution < 1.29 is 0 Å². The van der Waals surface area contributed by atoms with Gasteiger partial charge in [-0.1, -0.05) is 6.92 Å². The summed E-state index contributed by atoms with van der Waals surface area (Å²) in [5.74, 6) is 0. The lowest BCUT2D eigenvalue weighted by Crippen LogP contribution is -2.13. The van der Waals surface area contributed by atoms with Crippen LogP contribution in [0.2, 0.25) is 0 Å². The molecule has 2 aromatic heterocycles. The summed E-state index contributed by atoms with van der Waals surface area (Å²) in [4.78, 5) is 0. The fourth-order valence-electron chi connectivity index (χ4n) is 1.61. The van der Waals surface area contributed by atoms with E-state index in [1.807, 2.05) is 4.68 Å². The molecule has 0 aliphatic carbocycles. The second-order valence-electron chi connectivity index (χ2n) is 3.40. The molecule has 0 atom stereocenters. The Kier molecular flexibility index (Phi) is 3.18. The maximum Gasteiger partial charge on any atom is 0.0934 e. The predicted molar refractivity (Wildman–Crippen MR) is 64.0 cm³/mol. The minimum Gasteiger partial charge on any atom is -0.329 e. The Morgan fingerprint density at radius 2 is 2.40 bits per heavy atom. The Labute approximate surface area is 93.5 Å². The maximum absolute atomic E-state index is 5.55. The molecule has 0 bridgehead atoms. The molecule has 80 valence electrons. The van der Waals surface area contributed by atoms with Gasteiger partial charge in [0.05, 0.1) is 12.2 Å². The largest absolute Gasteiger partial charge is 0.329 e. The van der Waals surface area contributed by atoms with Crippen molar-refractivity contribution in [2.24, 2.45) is 5.73 Å². The van der Waals surface area contributed by atoms with E-state index in [4.69, 9.17) is 5.73 Å². The Hall–Kier alpha value is -1.13. The van der Waals surface area contributed by atoms with Gasteiger partial charge >= 0.3 is 0 Å². The summed E-state index contributed by atoms with van der Waals surface area (Å²) >= 11 is 1.70. The first kappa shape index (κ1) is 10.4. The summed E-state index contributed by atoms with van der Waals surface area (Å²) < 4.78 is 2.01. The molecular weight excluding hydrogens is 206 g/mol. The van der Waals surface area contributed by atoms with Gasteiger partial charge in [-0.25, -0.2) is 0 Å². The molecule has 0 aliphatic heterocycles. The minimum atomic E-state index is 0.637. The summed E-state index contributed by atoms with van der Waals surface area (Å²) in [7, 11) is 0. The van der Waals surface area contributed by atoms with Crippen LogP contribution in [-0.2, 0) is 13.0 Å². The molecule has 2 rings (SSSR count). The Morgan fingerprint density at radius 3 is 3.00 bits per heavy atom. The van der Waals surface area contributed by atoms with E-state index in [-0.39, 0.29) is 0 Å². The van der Waals surface area contributed by atoms with Crippen LogP contribution in [0, 0.1) is 0 Å². The number of nitrogens with two attached hydrogens (primary N) is 1. The quantitative estimate of drug-likeness (QED) is 0.859. The predicted octanol–water partition coefficient (Wildman–Crippen LogP) is 2.13. The van der Waals surface area contributed by atoms with Gasteiger partial charge in [0, 0.05) is 23.2 Å². The first-order valence-corrected chi connectivity index (χ1v) is 6.08. The number of aromatic nitrogens is 2. The van der Waals surface area contributed by atoms with Gasteiger partial charge in [-0.3, -0.25) is 4.68 Å². The van der Waals surface area contributed by atoms with Gasteiger partial charge in [0.2, 0.25) is 0 Å². The monoisotopic (exact) mass is 221 g/mol. The third-order valence-electron chi connectivity index (χ3n) is 2.38. The molecule has 0 spiro atoms. The number of nitrogens with zero attached hydrogens (tertiary/aromatic N) is 2. The highest BCUT2D eigenvalue weighted by Gasteiger charge is 2.07. The van der Waals surface area contributed by atoms with Crippen LogP contribution >= 0.6 is 11.3 Å². The van der Waals surface area contributed by atoms with Crippen LogP contribution in [0.25, 0.3) is 11.3 Å². The van der Waals surface area contributed by atoms with Crippen molar-refractivity contribution in [3.8, 4) is 11.3 Å². The average molecular weight is 221 g/mol. The zero-order valence-electron chi connectivity index (χ0n) is 8.81. The lowest BCUT2D eigenvalue weighted by molar-refractivity contribution is 0.598. The molecule has 0 unspecified atom stereocenters. The second kappa shape index (κ2) is 4.59. The topological polar surface area (TPSA) is 43.8 Å². The van der Waals surface area contributed by atoms with Gasteiger partial charge in [0.25, 0.3) is 0 Å². The van der Waals surface area contributed by atoms with Crippen LogP contribution < -0.4 is 5.73 Å². The van der Waals surface area contributed by atoms with Crippen molar-refractivity contribution in [1.29, 1.82) is 0 Å². The van der Waals surface area contributed by atoms with Crippen LogP contribution in [0.5, 0.6) is 0 Å². The normalized spacial score (nSPS) is 10.8. The highest BCUT2D eigenvalue weighted by atomic mass is 32.1. The Bertz CT molecular complexity index is 417. The van der Waals surface area contributed by atoms with Crippen molar-refractivity contribution in [2.75, 3.05) is 6.54 Å². The van der Waals surface area contributed by atoms with Crippen LogP contribution in [0.4, 0.5) is 0 Å². The zero-order valence-corrected chi connectivity index (χ0v) is 9.63. The van der Waals surface area contributed by atoms with E-state index in [0.29, 0.717) is 6.54 Å². The Morgan fingerprint density at radius 1 is 1.53 bits per heavy atom. The first-order valence-electron chi connectivity index (χ1n) is 5.14. The smallest absolute Gasteiger partial charge is 0.0934 e. The third-order valence-corrected chi connectivity index (χ3v) is 3.07. The zero-order chi connectivity index (χ0) is 10.7. The minimum absolute atomic E-state index is 0.637. The van der Waals surface area contributed by atoms with Gasteiger partial charge in [0.1, 0.15) is 0 Å². The number of thiophene rings is 1. The van der Waals surface area contributed by atoms with E-state index in [1.165, 1.54) is 11.3 Å². The molecule has 4 heteroatoms. The molecule has 0 saturated heterocycles. The summed E-state index contributed by atoms with van der Waals surface area (Å²) in [5, 5.41) is 8.75. The first-order chi connectivity index (χ1) is 7.35. The molecule has 2 N–H and O–H groups in total. The van der Waals surface area contributed by atoms with Gasteiger partial charge in [0.15, 0.2) is 0 Å². The molecule has 0 fully saturated rings. The lowest BCUT2D eigenvalue weighted by Gasteiger charge is -2.01. The third kappa shape index (κ3) is 2.11. The van der Waals surface area contributed by atoms with Crippen molar-refractivity contribution in [1.82, 2.24) is 9.78 Å². The molecule has 0 aromatic carbocycles. The van der Waals surface area contributed by atoms with Crippen molar-refractivity contribution >= 4 is 11.3 Å². The van der Waals surface area contributed by atoms with E-state index in [2.05, 4.69) is 34.9 Å². The fourth-order valence-corrected chi connectivity index (χ4v) is 2.26. The number of hydrogen-bond donors (Lipinski definition) is 1. The van der Waals surface area contributed by atoms with E-state index in [0.717, 1.165) is 18.7 Å².